The molecule has 0 bridgehead atoms. The summed E-state index contributed by atoms with van der Waals surface area (Å²) < 4.78 is 2.13. The Kier molecular flexibility index (Phi) is 3.75. The molecule has 0 unspecified atom stereocenters. The Bertz CT molecular complexity index is 867. The molecule has 22 heavy (non-hydrogen) atoms. The minimum absolute atomic E-state index is 0.973. The summed E-state index contributed by atoms with van der Waals surface area (Å²) in [7, 11) is 2.05. The van der Waals surface area contributed by atoms with Gasteiger partial charge in [0.25, 0.3) is 0 Å². The number of aryl methyl sites for hydroxylation is 1. The van der Waals surface area contributed by atoms with E-state index in [-0.39, 0.29) is 0 Å². The number of aromatic nitrogens is 2. The monoisotopic (exact) mass is 286 g/mol. The van der Waals surface area contributed by atoms with E-state index < -0.39 is 0 Å². The molecule has 0 saturated carbocycles. The average molecular weight is 286 g/mol. The van der Waals surface area contributed by atoms with Crippen molar-refractivity contribution in [2.45, 2.75) is 0 Å². The minimum Gasteiger partial charge on any atom is -0.327 e. The molecule has 2 heteroatoms. The van der Waals surface area contributed by atoms with Crippen LogP contribution in [0.15, 0.2) is 79.9 Å². The van der Waals surface area contributed by atoms with Gasteiger partial charge in [0.15, 0.2) is 0 Å². The van der Waals surface area contributed by atoms with Crippen LogP contribution in [0.3, 0.4) is 0 Å². The molecule has 3 aromatic rings. The predicted molar refractivity (Wildman–Crippen MR) is 94.5 cm³/mol. The van der Waals surface area contributed by atoms with Crippen LogP contribution in [0, 0.1) is 0 Å². The zero-order valence-corrected chi connectivity index (χ0v) is 12.7. The molecule has 2 aromatic carbocycles. The molecule has 0 aliphatic heterocycles. The largest absolute Gasteiger partial charge is 0.327 e. The topological polar surface area (TPSA) is 17.8 Å². The highest BCUT2D eigenvalue weighted by molar-refractivity contribution is 5.86. The summed E-state index contributed by atoms with van der Waals surface area (Å²) in [5.74, 6) is 0.973. The smallest absolute Gasteiger partial charge is 0.140 e. The lowest BCUT2D eigenvalue weighted by Crippen LogP contribution is -1.92. The Morgan fingerprint density at radius 1 is 1.09 bits per heavy atom. The fraction of sp³-hybridized carbons (Fsp3) is 0.0500. The van der Waals surface area contributed by atoms with E-state index >= 15 is 0 Å². The molecular formula is C20H18N2. The van der Waals surface area contributed by atoms with Gasteiger partial charge in [0, 0.05) is 12.6 Å². The third-order valence-electron chi connectivity index (χ3n) is 3.76. The fourth-order valence-electron chi connectivity index (χ4n) is 2.62. The van der Waals surface area contributed by atoms with E-state index in [9.17, 15) is 0 Å². The number of hydrogen-bond donors (Lipinski definition) is 0. The molecule has 0 radical (unpaired) electrons. The summed E-state index contributed by atoms with van der Waals surface area (Å²) in [6, 6.07) is 16.5. The fourth-order valence-corrected chi connectivity index (χ4v) is 2.62. The van der Waals surface area contributed by atoms with E-state index in [0.717, 1.165) is 33.6 Å². The highest BCUT2D eigenvalue weighted by Gasteiger charge is 2.10. The summed E-state index contributed by atoms with van der Waals surface area (Å²) >= 11 is 0. The van der Waals surface area contributed by atoms with E-state index in [1.807, 2.05) is 37.4 Å². The number of nitrogens with zero attached hydrogens (tertiary/aromatic N) is 2. The highest BCUT2D eigenvalue weighted by atomic mass is 15.1. The standard InChI is InChI=1S/C20H18N2/c1-4-9-15(5-2)17-12-13-18-19(14-17)22(3)20(21-18)16-10-7-6-8-11-16/h4-14H,1-2H2,3H3/b15-9+. The van der Waals surface area contributed by atoms with Crippen molar-refractivity contribution in [3.05, 3.63) is 85.5 Å². The van der Waals surface area contributed by atoms with Gasteiger partial charge in [0.05, 0.1) is 11.0 Å². The van der Waals surface area contributed by atoms with Crippen molar-refractivity contribution in [1.82, 2.24) is 9.55 Å². The number of allylic oxidation sites excluding steroid dienone is 4. The maximum atomic E-state index is 4.75. The van der Waals surface area contributed by atoms with Gasteiger partial charge in [-0.1, -0.05) is 67.8 Å². The summed E-state index contributed by atoms with van der Waals surface area (Å²) in [6.45, 7) is 7.63. The molecular weight excluding hydrogens is 268 g/mol. The molecule has 0 spiro atoms. The van der Waals surface area contributed by atoms with Crippen LogP contribution in [0.25, 0.3) is 28.0 Å². The van der Waals surface area contributed by atoms with Crippen LogP contribution in [-0.2, 0) is 7.05 Å². The van der Waals surface area contributed by atoms with Gasteiger partial charge in [-0.25, -0.2) is 4.98 Å². The van der Waals surface area contributed by atoms with Crippen LogP contribution in [0.2, 0.25) is 0 Å². The SMILES string of the molecule is C=C/C=C(\C=C)c1ccc2nc(-c3ccccc3)n(C)c2c1. The number of fused-ring (bicyclic) bond motifs is 1. The van der Waals surface area contributed by atoms with Crippen molar-refractivity contribution in [2.75, 3.05) is 0 Å². The van der Waals surface area contributed by atoms with Gasteiger partial charge in [-0.3, -0.25) is 0 Å². The molecule has 0 amide bonds. The van der Waals surface area contributed by atoms with Crippen molar-refractivity contribution < 1.29 is 0 Å². The number of imidazole rings is 1. The van der Waals surface area contributed by atoms with Crippen molar-refractivity contribution in [1.29, 1.82) is 0 Å². The van der Waals surface area contributed by atoms with Gasteiger partial charge in [-0.15, -0.1) is 0 Å². The third-order valence-corrected chi connectivity index (χ3v) is 3.76. The van der Waals surface area contributed by atoms with Crippen LogP contribution < -0.4 is 0 Å². The third kappa shape index (κ3) is 2.40. The van der Waals surface area contributed by atoms with Crippen LogP contribution in [-0.4, -0.2) is 9.55 Å². The van der Waals surface area contributed by atoms with Crippen molar-refractivity contribution in [2.24, 2.45) is 7.05 Å². The molecule has 3 rings (SSSR count). The van der Waals surface area contributed by atoms with Crippen molar-refractivity contribution in [3.8, 4) is 11.4 Å². The first-order valence-electron chi connectivity index (χ1n) is 7.22. The van der Waals surface area contributed by atoms with Gasteiger partial charge in [-0.2, -0.15) is 0 Å². The Morgan fingerprint density at radius 3 is 2.55 bits per heavy atom. The molecule has 0 atom stereocenters. The van der Waals surface area contributed by atoms with Crippen molar-refractivity contribution in [3.63, 3.8) is 0 Å². The van der Waals surface area contributed by atoms with Crippen LogP contribution in [0.1, 0.15) is 5.56 Å². The quantitative estimate of drug-likeness (QED) is 0.617. The van der Waals surface area contributed by atoms with E-state index in [1.54, 1.807) is 6.08 Å². The lowest BCUT2D eigenvalue weighted by atomic mass is 10.0. The zero-order valence-electron chi connectivity index (χ0n) is 12.7. The molecule has 0 aliphatic rings. The molecule has 0 aliphatic carbocycles. The minimum atomic E-state index is 0.973. The first-order chi connectivity index (χ1) is 10.7. The Hall–Kier alpha value is -2.87. The Morgan fingerprint density at radius 2 is 1.86 bits per heavy atom. The predicted octanol–water partition coefficient (Wildman–Crippen LogP) is 5.00. The molecule has 2 nitrogen and oxygen atoms in total. The van der Waals surface area contributed by atoms with E-state index in [4.69, 9.17) is 4.98 Å². The zero-order chi connectivity index (χ0) is 15.5. The van der Waals surface area contributed by atoms with Crippen LogP contribution >= 0.6 is 0 Å². The molecule has 1 heterocycles. The second-order valence-corrected chi connectivity index (χ2v) is 5.13. The highest BCUT2D eigenvalue weighted by Crippen LogP contribution is 2.26. The van der Waals surface area contributed by atoms with E-state index in [2.05, 4.69) is 48.1 Å². The maximum absolute atomic E-state index is 4.75. The van der Waals surface area contributed by atoms with Gasteiger partial charge in [-0.05, 0) is 23.3 Å². The second kappa shape index (κ2) is 5.86. The average Bonchev–Trinajstić information content (AvgIpc) is 2.90. The summed E-state index contributed by atoms with van der Waals surface area (Å²) in [6.07, 6.45) is 5.58. The molecule has 0 fully saturated rings. The molecule has 0 saturated heterocycles. The first kappa shape index (κ1) is 14.1. The van der Waals surface area contributed by atoms with Gasteiger partial charge >= 0.3 is 0 Å². The first-order valence-corrected chi connectivity index (χ1v) is 7.22. The lowest BCUT2D eigenvalue weighted by Gasteiger charge is -2.04. The van der Waals surface area contributed by atoms with Crippen molar-refractivity contribution >= 4 is 16.6 Å². The van der Waals surface area contributed by atoms with Gasteiger partial charge in [0.1, 0.15) is 5.82 Å². The summed E-state index contributed by atoms with van der Waals surface area (Å²) in [5.41, 5.74) is 5.39. The van der Waals surface area contributed by atoms with Gasteiger partial charge in [0.2, 0.25) is 0 Å². The van der Waals surface area contributed by atoms with Gasteiger partial charge < -0.3 is 4.57 Å². The summed E-state index contributed by atoms with van der Waals surface area (Å²) in [5, 5.41) is 0. The van der Waals surface area contributed by atoms with Crippen LogP contribution in [0.5, 0.6) is 0 Å². The molecule has 0 N–H and O–H groups in total. The Labute approximate surface area is 130 Å². The second-order valence-electron chi connectivity index (χ2n) is 5.13. The van der Waals surface area contributed by atoms with Crippen LogP contribution in [0.4, 0.5) is 0 Å². The number of rotatable bonds is 4. The van der Waals surface area contributed by atoms with E-state index in [1.165, 1.54) is 0 Å². The summed E-state index contributed by atoms with van der Waals surface area (Å²) in [4.78, 5) is 4.75. The Balaban J connectivity index is 2.18. The number of benzene rings is 2. The normalized spacial score (nSPS) is 11.6. The molecule has 1 aromatic heterocycles. The maximum Gasteiger partial charge on any atom is 0.140 e. The lowest BCUT2D eigenvalue weighted by molar-refractivity contribution is 0.959. The number of hydrogen-bond acceptors (Lipinski definition) is 1. The molecule has 108 valence electrons. The van der Waals surface area contributed by atoms with E-state index in [0.29, 0.717) is 0 Å².